The molecule has 0 bridgehead atoms. The largest absolute Gasteiger partial charge is 0.454 e. The van der Waals surface area contributed by atoms with Crippen molar-refractivity contribution < 1.29 is 4.42 Å². The molecule has 0 amide bonds. The van der Waals surface area contributed by atoms with Crippen LogP contribution in [0.15, 0.2) is 174 Å². The van der Waals surface area contributed by atoms with Gasteiger partial charge in [-0.15, -0.1) is 0 Å². The highest BCUT2D eigenvalue weighted by Gasteiger charge is 2.42. The van der Waals surface area contributed by atoms with Crippen molar-refractivity contribution in [1.82, 2.24) is 0 Å². The van der Waals surface area contributed by atoms with Crippen LogP contribution < -0.4 is 4.90 Å². The minimum atomic E-state index is -0.327. The van der Waals surface area contributed by atoms with Gasteiger partial charge in [0.05, 0.1) is 5.69 Å². The van der Waals surface area contributed by atoms with E-state index in [1.54, 1.807) is 0 Å². The summed E-state index contributed by atoms with van der Waals surface area (Å²) in [6.07, 6.45) is 0. The second-order valence-electron chi connectivity index (χ2n) is 12.2. The molecule has 1 aliphatic carbocycles. The zero-order valence-electron chi connectivity index (χ0n) is 25.5. The van der Waals surface area contributed by atoms with Crippen LogP contribution in [0.1, 0.15) is 23.6 Å². The first-order valence-corrected chi connectivity index (χ1v) is 15.9. The van der Waals surface area contributed by atoms with Crippen molar-refractivity contribution in [2.24, 2.45) is 0 Å². The van der Waals surface area contributed by atoms with Gasteiger partial charge in [0.25, 0.3) is 0 Å². The van der Waals surface area contributed by atoms with Crippen molar-refractivity contribution in [3.05, 3.63) is 187 Å². The fourth-order valence-corrected chi connectivity index (χ4v) is 7.61. The fraction of sp³-hybridized carbons (Fsp3) is 0.0455. The van der Waals surface area contributed by atoms with Crippen molar-refractivity contribution in [3.63, 3.8) is 0 Å². The van der Waals surface area contributed by atoms with E-state index in [0.717, 1.165) is 33.6 Å². The lowest BCUT2D eigenvalue weighted by Crippen LogP contribution is -2.22. The molecule has 9 rings (SSSR count). The average Bonchev–Trinajstić information content (AvgIpc) is 3.64. The zero-order chi connectivity index (χ0) is 30.7. The molecule has 0 radical (unpaired) electrons. The van der Waals surface area contributed by atoms with Crippen molar-refractivity contribution >= 4 is 39.0 Å². The van der Waals surface area contributed by atoms with Crippen molar-refractivity contribution in [2.75, 3.05) is 4.90 Å². The van der Waals surface area contributed by atoms with Gasteiger partial charge in [0.2, 0.25) is 0 Å². The first-order chi connectivity index (χ1) is 22.7. The van der Waals surface area contributed by atoms with Gasteiger partial charge in [-0.1, -0.05) is 133 Å². The Morgan fingerprint density at radius 1 is 0.457 bits per heavy atom. The van der Waals surface area contributed by atoms with Crippen LogP contribution >= 0.6 is 0 Å². The van der Waals surface area contributed by atoms with Crippen LogP contribution in [0.3, 0.4) is 0 Å². The summed E-state index contributed by atoms with van der Waals surface area (Å²) in [5, 5.41) is 2.29. The van der Waals surface area contributed by atoms with E-state index >= 15 is 0 Å². The number of fused-ring (bicyclic) bond motifs is 6. The van der Waals surface area contributed by atoms with Gasteiger partial charge in [-0.05, 0) is 82.3 Å². The zero-order valence-corrected chi connectivity index (χ0v) is 25.5. The average molecular weight is 590 g/mol. The maximum Gasteiger partial charge on any atom is 0.159 e. The Hall–Kier alpha value is -5.86. The van der Waals surface area contributed by atoms with Gasteiger partial charge in [0.15, 0.2) is 5.58 Å². The summed E-state index contributed by atoms with van der Waals surface area (Å²) in [6.45, 7) is 2.37. The Bertz CT molecular complexity index is 2320. The van der Waals surface area contributed by atoms with E-state index in [-0.39, 0.29) is 5.41 Å². The van der Waals surface area contributed by atoms with Crippen LogP contribution in [0.5, 0.6) is 0 Å². The molecule has 0 unspecified atom stereocenters. The van der Waals surface area contributed by atoms with E-state index in [1.807, 2.05) is 0 Å². The van der Waals surface area contributed by atoms with Crippen molar-refractivity contribution in [3.8, 4) is 22.3 Å². The smallest absolute Gasteiger partial charge is 0.159 e. The molecule has 0 fully saturated rings. The first-order valence-electron chi connectivity index (χ1n) is 15.9. The molecule has 46 heavy (non-hydrogen) atoms. The minimum absolute atomic E-state index is 0.327. The van der Waals surface area contributed by atoms with Gasteiger partial charge in [-0.2, -0.15) is 0 Å². The molecule has 0 saturated heterocycles. The molecule has 1 aromatic heterocycles. The molecular weight excluding hydrogens is 558 g/mol. The lowest BCUT2D eigenvalue weighted by Gasteiger charge is -2.29. The number of hydrogen-bond acceptors (Lipinski definition) is 2. The summed E-state index contributed by atoms with van der Waals surface area (Å²) >= 11 is 0. The molecule has 0 atom stereocenters. The van der Waals surface area contributed by atoms with Gasteiger partial charge >= 0.3 is 0 Å². The van der Waals surface area contributed by atoms with Crippen LogP contribution in [0.2, 0.25) is 0 Å². The summed E-state index contributed by atoms with van der Waals surface area (Å²) in [7, 11) is 0. The molecule has 1 aliphatic rings. The standard InChI is InChI=1S/C44H31NO/c1-44(37-21-10-8-18-34(37)35-19-9-11-22-38(35)44)39-23-13-25-41-42(39)36-20-12-24-40(43(36)46-41)45(32-16-6-3-7-17-32)33-28-26-31(27-29-33)30-14-4-2-5-15-30/h2-29H,1H3. The third-order valence-corrected chi connectivity index (χ3v) is 9.75. The van der Waals surface area contributed by atoms with Crippen LogP contribution in [-0.2, 0) is 5.41 Å². The monoisotopic (exact) mass is 589 g/mol. The van der Waals surface area contributed by atoms with Crippen LogP contribution in [-0.4, -0.2) is 0 Å². The Kier molecular flexibility index (Phi) is 5.97. The third kappa shape index (κ3) is 3.90. The molecule has 218 valence electrons. The van der Waals surface area contributed by atoms with E-state index in [9.17, 15) is 0 Å². The van der Waals surface area contributed by atoms with Gasteiger partial charge in [0, 0.05) is 27.6 Å². The molecule has 1 heterocycles. The SMILES string of the molecule is CC1(c2cccc3oc4c(N(c5ccccc5)c5ccc(-c6ccccc6)cc5)cccc4c23)c2ccccc2-c2ccccc21. The van der Waals surface area contributed by atoms with Crippen molar-refractivity contribution in [1.29, 1.82) is 0 Å². The highest BCUT2D eigenvalue weighted by molar-refractivity contribution is 6.12. The van der Waals surface area contributed by atoms with Gasteiger partial charge < -0.3 is 9.32 Å². The molecule has 0 spiro atoms. The summed E-state index contributed by atoms with van der Waals surface area (Å²) in [4.78, 5) is 2.31. The summed E-state index contributed by atoms with van der Waals surface area (Å²) in [5.74, 6) is 0. The topological polar surface area (TPSA) is 16.4 Å². The normalized spacial score (nSPS) is 13.1. The Labute approximate surface area is 268 Å². The molecular formula is C44H31NO. The molecule has 8 aromatic rings. The molecule has 7 aromatic carbocycles. The van der Waals surface area contributed by atoms with Crippen LogP contribution in [0, 0.1) is 0 Å². The quantitative estimate of drug-likeness (QED) is 0.199. The number of benzene rings is 7. The highest BCUT2D eigenvalue weighted by atomic mass is 16.3. The Morgan fingerprint density at radius 2 is 1.00 bits per heavy atom. The van der Waals surface area contributed by atoms with Gasteiger partial charge in [-0.3, -0.25) is 0 Å². The second kappa shape index (κ2) is 10.4. The lowest BCUT2D eigenvalue weighted by molar-refractivity contribution is 0.666. The summed E-state index contributed by atoms with van der Waals surface area (Å²) in [5.41, 5.74) is 13.5. The van der Waals surface area contributed by atoms with Gasteiger partial charge in [-0.25, -0.2) is 0 Å². The Morgan fingerprint density at radius 3 is 1.70 bits per heavy atom. The van der Waals surface area contributed by atoms with Crippen molar-refractivity contribution in [2.45, 2.75) is 12.3 Å². The number of nitrogens with zero attached hydrogens (tertiary/aromatic N) is 1. The molecule has 0 saturated carbocycles. The lowest BCUT2D eigenvalue weighted by atomic mass is 9.73. The predicted molar refractivity (Wildman–Crippen MR) is 191 cm³/mol. The minimum Gasteiger partial charge on any atom is -0.454 e. The number of para-hydroxylation sites is 2. The highest BCUT2D eigenvalue weighted by Crippen LogP contribution is 2.55. The van der Waals surface area contributed by atoms with Gasteiger partial charge in [0.1, 0.15) is 5.58 Å². The van der Waals surface area contributed by atoms with Crippen LogP contribution in [0.4, 0.5) is 17.1 Å². The number of rotatable bonds is 5. The number of anilines is 3. The Balaban J connectivity index is 1.27. The maximum atomic E-state index is 6.88. The van der Waals surface area contributed by atoms with E-state index in [2.05, 4.69) is 182 Å². The van der Waals surface area contributed by atoms with E-state index < -0.39 is 0 Å². The number of furan rings is 1. The van der Waals surface area contributed by atoms with E-state index in [0.29, 0.717) is 0 Å². The summed E-state index contributed by atoms with van der Waals surface area (Å²) < 4.78 is 6.88. The second-order valence-corrected chi connectivity index (χ2v) is 12.2. The molecule has 2 heteroatoms. The maximum absolute atomic E-state index is 6.88. The first kappa shape index (κ1) is 26.5. The molecule has 0 N–H and O–H groups in total. The fourth-order valence-electron chi connectivity index (χ4n) is 7.61. The van der Waals surface area contributed by atoms with Crippen LogP contribution in [0.25, 0.3) is 44.2 Å². The third-order valence-electron chi connectivity index (χ3n) is 9.75. The van der Waals surface area contributed by atoms with E-state index in [4.69, 9.17) is 4.42 Å². The number of hydrogen-bond donors (Lipinski definition) is 0. The molecule has 2 nitrogen and oxygen atoms in total. The van der Waals surface area contributed by atoms with E-state index in [1.165, 1.54) is 44.3 Å². The molecule has 0 aliphatic heterocycles. The predicted octanol–water partition coefficient (Wildman–Crippen LogP) is 12.1. The summed E-state index contributed by atoms with van der Waals surface area (Å²) in [6, 6.07) is 60.7.